The van der Waals surface area contributed by atoms with Crippen molar-refractivity contribution < 1.29 is 4.74 Å². The Morgan fingerprint density at radius 3 is 2.28 bits per heavy atom. The Hall–Kier alpha value is -2.50. The summed E-state index contributed by atoms with van der Waals surface area (Å²) in [5, 5.41) is 7.55. The summed E-state index contributed by atoms with van der Waals surface area (Å²) in [6.45, 7) is 1.82. The van der Waals surface area contributed by atoms with Crippen LogP contribution in [0.3, 0.4) is 0 Å². The number of aromatic nitrogens is 2. The summed E-state index contributed by atoms with van der Waals surface area (Å²) in [6, 6.07) is 14.7. The van der Waals surface area contributed by atoms with E-state index in [2.05, 4.69) is 20.6 Å². The topological polar surface area (TPSA) is 59.1 Å². The monoisotopic (exact) mass is 374 g/mol. The smallest absolute Gasteiger partial charge is 0.137 e. The molecule has 0 radical (unpaired) electrons. The van der Waals surface area contributed by atoms with Crippen LogP contribution in [-0.2, 0) is 0 Å². The SMILES string of the molecule is COc1ccc(Nc2cc(Nc3ccccc3Cl)nc(C)n2)cc1Cl. The highest BCUT2D eigenvalue weighted by molar-refractivity contribution is 6.33. The van der Waals surface area contributed by atoms with Crippen molar-refractivity contribution in [3.05, 3.63) is 64.4 Å². The van der Waals surface area contributed by atoms with E-state index in [9.17, 15) is 0 Å². The number of nitrogens with zero attached hydrogens (tertiary/aromatic N) is 2. The number of hydrogen-bond donors (Lipinski definition) is 2. The van der Waals surface area contributed by atoms with Crippen molar-refractivity contribution >= 4 is 46.2 Å². The van der Waals surface area contributed by atoms with E-state index < -0.39 is 0 Å². The fourth-order valence-electron chi connectivity index (χ4n) is 2.29. The summed E-state index contributed by atoms with van der Waals surface area (Å²) in [5.41, 5.74) is 1.58. The number of halogens is 2. The van der Waals surface area contributed by atoms with E-state index in [-0.39, 0.29) is 0 Å². The third-order valence-electron chi connectivity index (χ3n) is 3.40. The molecule has 0 spiro atoms. The van der Waals surface area contributed by atoms with Crippen molar-refractivity contribution in [2.24, 2.45) is 0 Å². The number of nitrogens with one attached hydrogen (secondary N) is 2. The van der Waals surface area contributed by atoms with Crippen LogP contribution in [0.1, 0.15) is 5.82 Å². The Balaban J connectivity index is 1.84. The Bertz CT molecular complexity index is 902. The Kier molecular flexibility index (Phi) is 5.26. The van der Waals surface area contributed by atoms with Gasteiger partial charge in [0.25, 0.3) is 0 Å². The molecule has 0 aliphatic heterocycles. The highest BCUT2D eigenvalue weighted by atomic mass is 35.5. The van der Waals surface area contributed by atoms with Crippen molar-refractivity contribution in [1.29, 1.82) is 0 Å². The second kappa shape index (κ2) is 7.59. The lowest BCUT2D eigenvalue weighted by Crippen LogP contribution is -2.02. The third-order valence-corrected chi connectivity index (χ3v) is 4.02. The molecule has 25 heavy (non-hydrogen) atoms. The van der Waals surface area contributed by atoms with Crippen LogP contribution >= 0.6 is 23.2 Å². The first-order valence-corrected chi connectivity index (χ1v) is 8.28. The van der Waals surface area contributed by atoms with E-state index in [4.69, 9.17) is 27.9 Å². The van der Waals surface area contributed by atoms with E-state index in [0.29, 0.717) is 33.3 Å². The molecule has 0 unspecified atom stereocenters. The fraction of sp³-hybridized carbons (Fsp3) is 0.111. The zero-order valence-corrected chi connectivity index (χ0v) is 15.2. The number of aryl methyl sites for hydroxylation is 1. The van der Waals surface area contributed by atoms with Crippen LogP contribution in [-0.4, -0.2) is 17.1 Å². The summed E-state index contributed by atoms with van der Waals surface area (Å²) >= 11 is 12.3. The van der Waals surface area contributed by atoms with Crippen molar-refractivity contribution in [3.63, 3.8) is 0 Å². The minimum atomic E-state index is 0.521. The summed E-state index contributed by atoms with van der Waals surface area (Å²) < 4.78 is 5.16. The highest BCUT2D eigenvalue weighted by Crippen LogP contribution is 2.29. The van der Waals surface area contributed by atoms with Crippen molar-refractivity contribution in [3.8, 4) is 5.75 Å². The van der Waals surface area contributed by atoms with Crippen LogP contribution in [0, 0.1) is 6.92 Å². The summed E-state index contributed by atoms with van der Waals surface area (Å²) in [5.74, 6) is 2.53. The average molecular weight is 375 g/mol. The van der Waals surface area contributed by atoms with E-state index >= 15 is 0 Å². The molecule has 0 bridgehead atoms. The molecule has 1 aromatic heterocycles. The Morgan fingerprint density at radius 1 is 0.880 bits per heavy atom. The van der Waals surface area contributed by atoms with Gasteiger partial charge in [0.05, 0.1) is 22.8 Å². The first-order chi connectivity index (χ1) is 12.0. The van der Waals surface area contributed by atoms with E-state index in [0.717, 1.165) is 11.4 Å². The van der Waals surface area contributed by atoms with E-state index in [1.165, 1.54) is 0 Å². The van der Waals surface area contributed by atoms with E-state index in [1.54, 1.807) is 25.3 Å². The van der Waals surface area contributed by atoms with Gasteiger partial charge in [0.1, 0.15) is 23.2 Å². The molecule has 3 aromatic rings. The fourth-order valence-corrected chi connectivity index (χ4v) is 2.73. The number of rotatable bonds is 5. The van der Waals surface area contributed by atoms with Crippen molar-refractivity contribution in [2.75, 3.05) is 17.7 Å². The molecule has 2 N–H and O–H groups in total. The molecule has 5 nitrogen and oxygen atoms in total. The van der Waals surface area contributed by atoms with Gasteiger partial charge in [0.2, 0.25) is 0 Å². The van der Waals surface area contributed by atoms with Gasteiger partial charge in [0, 0.05) is 11.8 Å². The minimum absolute atomic E-state index is 0.521. The lowest BCUT2D eigenvalue weighted by Gasteiger charge is -2.12. The van der Waals surface area contributed by atoms with Gasteiger partial charge in [-0.25, -0.2) is 9.97 Å². The Labute approximate surface area is 156 Å². The number of hydrogen-bond acceptors (Lipinski definition) is 5. The average Bonchev–Trinajstić information content (AvgIpc) is 2.57. The van der Waals surface area contributed by atoms with Gasteiger partial charge in [-0.1, -0.05) is 35.3 Å². The molecule has 0 saturated carbocycles. The molecule has 0 saturated heterocycles. The van der Waals surface area contributed by atoms with E-state index in [1.807, 2.05) is 37.3 Å². The van der Waals surface area contributed by atoms with Crippen LogP contribution in [0.5, 0.6) is 5.75 Å². The predicted molar refractivity (Wildman–Crippen MR) is 103 cm³/mol. The van der Waals surface area contributed by atoms with Gasteiger partial charge >= 0.3 is 0 Å². The molecule has 0 fully saturated rings. The molecule has 0 aliphatic carbocycles. The molecule has 128 valence electrons. The molecule has 0 atom stereocenters. The quantitative estimate of drug-likeness (QED) is 0.609. The second-order valence-electron chi connectivity index (χ2n) is 5.26. The number of ether oxygens (including phenoxy) is 1. The molecule has 3 rings (SSSR count). The zero-order valence-electron chi connectivity index (χ0n) is 13.7. The number of methoxy groups -OCH3 is 1. The minimum Gasteiger partial charge on any atom is -0.495 e. The van der Waals surface area contributed by atoms with Gasteiger partial charge in [-0.2, -0.15) is 0 Å². The van der Waals surface area contributed by atoms with Gasteiger partial charge < -0.3 is 15.4 Å². The molecular formula is C18H16Cl2N4O. The maximum absolute atomic E-state index is 6.18. The number of para-hydroxylation sites is 1. The molecule has 7 heteroatoms. The summed E-state index contributed by atoms with van der Waals surface area (Å²) in [7, 11) is 1.58. The first kappa shape index (κ1) is 17.3. The van der Waals surface area contributed by atoms with Crippen LogP contribution in [0.25, 0.3) is 0 Å². The lowest BCUT2D eigenvalue weighted by atomic mass is 10.3. The lowest BCUT2D eigenvalue weighted by molar-refractivity contribution is 0.415. The first-order valence-electron chi connectivity index (χ1n) is 7.53. The summed E-state index contributed by atoms with van der Waals surface area (Å²) in [6.07, 6.45) is 0. The maximum Gasteiger partial charge on any atom is 0.137 e. The second-order valence-corrected chi connectivity index (χ2v) is 6.08. The summed E-state index contributed by atoms with van der Waals surface area (Å²) in [4.78, 5) is 8.79. The van der Waals surface area contributed by atoms with Crippen LogP contribution in [0.15, 0.2) is 48.5 Å². The standard InChI is InChI=1S/C18H16Cl2N4O/c1-11-21-17(23-12-7-8-16(25-2)14(20)9-12)10-18(22-11)24-15-6-4-3-5-13(15)19/h3-10H,1-2H3,(H2,21,22,23,24). The predicted octanol–water partition coefficient (Wildman–Crippen LogP) is 5.59. The molecule has 0 amide bonds. The van der Waals surface area contributed by atoms with Gasteiger partial charge in [-0.05, 0) is 37.3 Å². The van der Waals surface area contributed by atoms with Gasteiger partial charge in [0.15, 0.2) is 0 Å². The Morgan fingerprint density at radius 2 is 1.60 bits per heavy atom. The largest absolute Gasteiger partial charge is 0.495 e. The van der Waals surface area contributed by atoms with Crippen LogP contribution in [0.2, 0.25) is 10.0 Å². The van der Waals surface area contributed by atoms with Gasteiger partial charge in [-0.3, -0.25) is 0 Å². The van der Waals surface area contributed by atoms with Crippen LogP contribution < -0.4 is 15.4 Å². The van der Waals surface area contributed by atoms with Crippen molar-refractivity contribution in [2.45, 2.75) is 6.92 Å². The molecule has 2 aromatic carbocycles. The number of anilines is 4. The maximum atomic E-state index is 6.18. The van der Waals surface area contributed by atoms with Gasteiger partial charge in [-0.15, -0.1) is 0 Å². The zero-order chi connectivity index (χ0) is 17.8. The molecular weight excluding hydrogens is 359 g/mol. The molecule has 1 heterocycles. The highest BCUT2D eigenvalue weighted by Gasteiger charge is 2.07. The molecule has 0 aliphatic rings. The third kappa shape index (κ3) is 4.32. The normalized spacial score (nSPS) is 10.4. The van der Waals surface area contributed by atoms with Crippen molar-refractivity contribution in [1.82, 2.24) is 9.97 Å². The van der Waals surface area contributed by atoms with Crippen LogP contribution in [0.4, 0.5) is 23.0 Å². The number of benzene rings is 2.